The Labute approximate surface area is 87.4 Å². The van der Waals surface area contributed by atoms with Gasteiger partial charge in [-0.25, -0.2) is 0 Å². The Bertz CT molecular complexity index is 164. The van der Waals surface area contributed by atoms with Gasteiger partial charge in [-0.05, 0) is 37.6 Å². The van der Waals surface area contributed by atoms with Crippen LogP contribution in [0.3, 0.4) is 0 Å². The molecule has 0 bridgehead atoms. The van der Waals surface area contributed by atoms with Gasteiger partial charge in [0.25, 0.3) is 0 Å². The van der Waals surface area contributed by atoms with Crippen LogP contribution < -0.4 is 5.32 Å². The Kier molecular flexibility index (Phi) is 3.82. The van der Waals surface area contributed by atoms with Crippen molar-refractivity contribution in [1.82, 2.24) is 5.32 Å². The minimum atomic E-state index is 0.638. The smallest absolute Gasteiger partial charge is 0.0622 e. The van der Waals surface area contributed by atoms with E-state index >= 15 is 0 Å². The number of hydrogen-bond donors (Lipinski definition) is 1. The molecular formula is C12H23NO. The van der Waals surface area contributed by atoms with E-state index in [4.69, 9.17) is 4.74 Å². The number of hydrogen-bond acceptors (Lipinski definition) is 2. The molecule has 2 nitrogen and oxygen atoms in total. The van der Waals surface area contributed by atoms with Gasteiger partial charge in [-0.2, -0.15) is 0 Å². The highest BCUT2D eigenvalue weighted by atomic mass is 16.5. The zero-order valence-corrected chi connectivity index (χ0v) is 9.30. The van der Waals surface area contributed by atoms with Crippen LogP contribution in [-0.4, -0.2) is 25.8 Å². The molecule has 2 aliphatic carbocycles. The summed E-state index contributed by atoms with van der Waals surface area (Å²) >= 11 is 0. The molecule has 0 aromatic rings. The highest BCUT2D eigenvalue weighted by Gasteiger charge is 2.30. The maximum atomic E-state index is 5.74. The molecule has 2 heteroatoms. The molecule has 1 atom stereocenters. The summed E-state index contributed by atoms with van der Waals surface area (Å²) in [7, 11) is 0. The normalized spacial score (nSPS) is 23.8. The third-order valence-electron chi connectivity index (χ3n) is 3.32. The average Bonchev–Trinajstić information content (AvgIpc) is 3.03. The van der Waals surface area contributed by atoms with Gasteiger partial charge >= 0.3 is 0 Å². The summed E-state index contributed by atoms with van der Waals surface area (Å²) in [5.41, 5.74) is 0. The van der Waals surface area contributed by atoms with Crippen LogP contribution in [0.15, 0.2) is 0 Å². The largest absolute Gasteiger partial charge is 0.380 e. The molecule has 0 radical (unpaired) electrons. The fourth-order valence-electron chi connectivity index (χ4n) is 1.99. The molecule has 0 aliphatic heterocycles. The Morgan fingerprint density at radius 2 is 2.07 bits per heavy atom. The molecule has 1 N–H and O–H groups in total. The first kappa shape index (κ1) is 10.4. The first-order valence-electron chi connectivity index (χ1n) is 6.21. The summed E-state index contributed by atoms with van der Waals surface area (Å²) < 4.78 is 5.74. The van der Waals surface area contributed by atoms with Gasteiger partial charge in [-0.3, -0.25) is 0 Å². The maximum absolute atomic E-state index is 5.74. The summed E-state index contributed by atoms with van der Waals surface area (Å²) in [5.74, 6) is 1.92. The molecule has 0 saturated heterocycles. The zero-order valence-electron chi connectivity index (χ0n) is 9.30. The lowest BCUT2D eigenvalue weighted by Crippen LogP contribution is -2.35. The van der Waals surface area contributed by atoms with Crippen molar-refractivity contribution < 1.29 is 4.74 Å². The first-order valence-corrected chi connectivity index (χ1v) is 6.21. The summed E-state index contributed by atoms with van der Waals surface area (Å²) in [6.45, 7) is 5.18. The van der Waals surface area contributed by atoms with Gasteiger partial charge in [0, 0.05) is 12.6 Å². The standard InChI is InChI=1S/C12H23NO/c1-2-13-12(11-5-6-11)9-14-8-7-10-3-4-10/h10-13H,2-9H2,1H3. The number of likely N-dealkylation sites (N-methyl/N-ethyl adjacent to an activating group) is 1. The number of nitrogens with one attached hydrogen (secondary N) is 1. The first-order chi connectivity index (χ1) is 6.90. The Balaban J connectivity index is 1.51. The van der Waals surface area contributed by atoms with Crippen molar-refractivity contribution in [3.63, 3.8) is 0 Å². The highest BCUT2D eigenvalue weighted by Crippen LogP contribution is 2.33. The topological polar surface area (TPSA) is 21.3 Å². The second-order valence-electron chi connectivity index (χ2n) is 4.81. The van der Waals surface area contributed by atoms with E-state index in [1.165, 1.54) is 32.1 Å². The molecule has 0 aromatic heterocycles. The number of ether oxygens (including phenoxy) is 1. The predicted molar refractivity (Wildman–Crippen MR) is 58.3 cm³/mol. The van der Waals surface area contributed by atoms with Crippen LogP contribution in [0.4, 0.5) is 0 Å². The van der Waals surface area contributed by atoms with Crippen molar-refractivity contribution in [3.8, 4) is 0 Å². The van der Waals surface area contributed by atoms with Crippen molar-refractivity contribution in [2.75, 3.05) is 19.8 Å². The summed E-state index contributed by atoms with van der Waals surface area (Å²) in [6, 6.07) is 0.638. The van der Waals surface area contributed by atoms with Gasteiger partial charge in [0.2, 0.25) is 0 Å². The van der Waals surface area contributed by atoms with Crippen LogP contribution in [0.1, 0.15) is 39.0 Å². The quantitative estimate of drug-likeness (QED) is 0.602. The van der Waals surface area contributed by atoms with Gasteiger partial charge in [0.15, 0.2) is 0 Å². The molecule has 2 aliphatic rings. The fourth-order valence-corrected chi connectivity index (χ4v) is 1.99. The molecule has 2 saturated carbocycles. The molecule has 0 heterocycles. The van der Waals surface area contributed by atoms with Crippen LogP contribution in [0.5, 0.6) is 0 Å². The third kappa shape index (κ3) is 3.58. The molecule has 0 amide bonds. The van der Waals surface area contributed by atoms with E-state index in [9.17, 15) is 0 Å². The van der Waals surface area contributed by atoms with Crippen LogP contribution in [0.2, 0.25) is 0 Å². The van der Waals surface area contributed by atoms with Crippen molar-refractivity contribution in [2.24, 2.45) is 11.8 Å². The van der Waals surface area contributed by atoms with Crippen LogP contribution in [0, 0.1) is 11.8 Å². The summed E-state index contributed by atoms with van der Waals surface area (Å²) in [6.07, 6.45) is 7.00. The second kappa shape index (κ2) is 5.13. The van der Waals surface area contributed by atoms with Crippen LogP contribution in [0.25, 0.3) is 0 Å². The lowest BCUT2D eigenvalue weighted by atomic mass is 10.2. The zero-order chi connectivity index (χ0) is 9.80. The molecule has 0 aromatic carbocycles. The Hall–Kier alpha value is -0.0800. The predicted octanol–water partition coefficient (Wildman–Crippen LogP) is 2.19. The van der Waals surface area contributed by atoms with Gasteiger partial charge in [0.05, 0.1) is 6.61 Å². The monoisotopic (exact) mass is 197 g/mol. The number of rotatable bonds is 8. The minimum absolute atomic E-state index is 0.638. The highest BCUT2D eigenvalue weighted by molar-refractivity contribution is 4.86. The Morgan fingerprint density at radius 1 is 1.29 bits per heavy atom. The van der Waals surface area contributed by atoms with E-state index in [1.54, 1.807) is 0 Å². The van der Waals surface area contributed by atoms with Crippen molar-refractivity contribution in [1.29, 1.82) is 0 Å². The Morgan fingerprint density at radius 3 is 2.64 bits per heavy atom. The molecule has 82 valence electrons. The van der Waals surface area contributed by atoms with Crippen LogP contribution >= 0.6 is 0 Å². The lowest BCUT2D eigenvalue weighted by Gasteiger charge is -2.17. The molecular weight excluding hydrogens is 174 g/mol. The maximum Gasteiger partial charge on any atom is 0.0622 e. The molecule has 0 spiro atoms. The van der Waals surface area contributed by atoms with E-state index in [1.807, 2.05) is 0 Å². The van der Waals surface area contributed by atoms with Crippen molar-refractivity contribution in [2.45, 2.75) is 45.1 Å². The van der Waals surface area contributed by atoms with Gasteiger partial charge in [-0.15, -0.1) is 0 Å². The van der Waals surface area contributed by atoms with Crippen LogP contribution in [-0.2, 0) is 4.74 Å². The van der Waals surface area contributed by atoms with Crippen molar-refractivity contribution in [3.05, 3.63) is 0 Å². The van der Waals surface area contributed by atoms with Crippen molar-refractivity contribution >= 4 is 0 Å². The summed E-state index contributed by atoms with van der Waals surface area (Å²) in [5, 5.41) is 3.52. The second-order valence-corrected chi connectivity index (χ2v) is 4.81. The SMILES string of the molecule is CCNC(COCCC1CC1)C1CC1. The molecule has 1 unspecified atom stereocenters. The van der Waals surface area contributed by atoms with E-state index < -0.39 is 0 Å². The van der Waals surface area contributed by atoms with E-state index in [2.05, 4.69) is 12.2 Å². The molecule has 2 rings (SSSR count). The van der Waals surface area contributed by atoms with Gasteiger partial charge < -0.3 is 10.1 Å². The van der Waals surface area contributed by atoms with Gasteiger partial charge in [0.1, 0.15) is 0 Å². The summed E-state index contributed by atoms with van der Waals surface area (Å²) in [4.78, 5) is 0. The van der Waals surface area contributed by atoms with E-state index in [0.717, 1.165) is 31.6 Å². The molecule has 14 heavy (non-hydrogen) atoms. The fraction of sp³-hybridized carbons (Fsp3) is 1.00. The van der Waals surface area contributed by atoms with E-state index in [0.29, 0.717) is 6.04 Å². The van der Waals surface area contributed by atoms with E-state index in [-0.39, 0.29) is 0 Å². The molecule has 2 fully saturated rings. The lowest BCUT2D eigenvalue weighted by molar-refractivity contribution is 0.101. The minimum Gasteiger partial charge on any atom is -0.380 e. The average molecular weight is 197 g/mol. The third-order valence-corrected chi connectivity index (χ3v) is 3.32. The van der Waals surface area contributed by atoms with Gasteiger partial charge in [-0.1, -0.05) is 19.8 Å².